The number of sulfonamides is 1. The Bertz CT molecular complexity index is 690. The standard InChI is InChI=1S/C11H16N2O5S2/c1-6-8(19-10(16)12-6)20(17,18)13-7-4-3-5-11(7,2)9(14)15/h7,13H,3-5H2,1-2H3,(H,12,16)(H,14,15). The third-order valence-corrected chi connectivity index (χ3v) is 6.85. The van der Waals surface area contributed by atoms with Crippen LogP contribution < -0.4 is 9.60 Å². The highest BCUT2D eigenvalue weighted by Crippen LogP contribution is 2.39. The van der Waals surface area contributed by atoms with Crippen LogP contribution >= 0.6 is 11.3 Å². The zero-order valence-electron chi connectivity index (χ0n) is 11.1. The normalized spacial score (nSPS) is 26.8. The average Bonchev–Trinajstić information content (AvgIpc) is 2.84. The molecular weight excluding hydrogens is 304 g/mol. The number of aliphatic carboxylic acids is 1. The van der Waals surface area contributed by atoms with Gasteiger partial charge in [-0.05, 0) is 26.7 Å². The van der Waals surface area contributed by atoms with Crippen LogP contribution in [0.2, 0.25) is 0 Å². The summed E-state index contributed by atoms with van der Waals surface area (Å²) in [6.07, 6.45) is 1.55. The van der Waals surface area contributed by atoms with Gasteiger partial charge in [0.15, 0.2) is 4.21 Å². The van der Waals surface area contributed by atoms with Gasteiger partial charge in [-0.15, -0.1) is 0 Å². The number of carboxylic acid groups (broad SMARTS) is 1. The van der Waals surface area contributed by atoms with E-state index in [0.29, 0.717) is 30.6 Å². The van der Waals surface area contributed by atoms with Crippen molar-refractivity contribution in [2.24, 2.45) is 5.41 Å². The van der Waals surface area contributed by atoms with E-state index in [1.165, 1.54) is 6.92 Å². The minimum atomic E-state index is -3.88. The molecule has 1 aliphatic rings. The Morgan fingerprint density at radius 2 is 2.20 bits per heavy atom. The summed E-state index contributed by atoms with van der Waals surface area (Å²) in [5, 5.41) is 9.28. The summed E-state index contributed by atoms with van der Waals surface area (Å²) in [5.41, 5.74) is -0.843. The fourth-order valence-corrected chi connectivity index (χ4v) is 5.20. The SMILES string of the molecule is Cc1[nH]c(=O)sc1S(=O)(=O)NC1CCCC1(C)C(=O)O. The van der Waals surface area contributed by atoms with Crippen molar-refractivity contribution in [2.45, 2.75) is 43.4 Å². The molecule has 9 heteroatoms. The van der Waals surface area contributed by atoms with Crippen molar-refractivity contribution < 1.29 is 18.3 Å². The molecule has 112 valence electrons. The minimum Gasteiger partial charge on any atom is -0.481 e. The highest BCUT2D eigenvalue weighted by Gasteiger charge is 2.47. The number of rotatable bonds is 4. The summed E-state index contributed by atoms with van der Waals surface area (Å²) in [7, 11) is -3.88. The van der Waals surface area contributed by atoms with E-state index in [4.69, 9.17) is 0 Å². The van der Waals surface area contributed by atoms with Crippen molar-refractivity contribution >= 4 is 27.3 Å². The van der Waals surface area contributed by atoms with Gasteiger partial charge in [0.25, 0.3) is 10.0 Å². The Balaban J connectivity index is 2.32. The second-order valence-electron chi connectivity index (χ2n) is 5.22. The van der Waals surface area contributed by atoms with Crippen LogP contribution in [0.1, 0.15) is 31.9 Å². The summed E-state index contributed by atoms with van der Waals surface area (Å²) in [5.74, 6) is -1.01. The zero-order chi connectivity index (χ0) is 15.1. The molecule has 0 saturated heterocycles. The van der Waals surface area contributed by atoms with Crippen LogP contribution in [0.15, 0.2) is 9.00 Å². The molecular formula is C11H16N2O5S2. The summed E-state index contributed by atoms with van der Waals surface area (Å²) >= 11 is 0.604. The molecule has 20 heavy (non-hydrogen) atoms. The average molecular weight is 320 g/mol. The summed E-state index contributed by atoms with van der Waals surface area (Å²) in [6, 6.07) is -0.665. The van der Waals surface area contributed by atoms with E-state index in [0.717, 1.165) is 0 Å². The van der Waals surface area contributed by atoms with Crippen molar-refractivity contribution in [3.63, 3.8) is 0 Å². The molecule has 2 unspecified atom stereocenters. The van der Waals surface area contributed by atoms with E-state index >= 15 is 0 Å². The van der Waals surface area contributed by atoms with Gasteiger partial charge in [0, 0.05) is 11.7 Å². The minimum absolute atomic E-state index is 0.0814. The van der Waals surface area contributed by atoms with Crippen molar-refractivity contribution in [3.05, 3.63) is 15.4 Å². The molecule has 1 saturated carbocycles. The third-order valence-electron chi connectivity index (χ3n) is 3.77. The van der Waals surface area contributed by atoms with Gasteiger partial charge in [-0.2, -0.15) is 0 Å². The third kappa shape index (κ3) is 2.52. The predicted octanol–water partition coefficient (Wildman–Crippen LogP) is 0.667. The fourth-order valence-electron chi connectivity index (χ4n) is 2.50. The molecule has 0 amide bonds. The number of aryl methyl sites for hydroxylation is 1. The Labute approximate surface area is 120 Å². The first-order valence-electron chi connectivity index (χ1n) is 6.12. The quantitative estimate of drug-likeness (QED) is 0.754. The maximum absolute atomic E-state index is 12.3. The largest absolute Gasteiger partial charge is 0.481 e. The number of carboxylic acids is 1. The first kappa shape index (κ1) is 15.2. The van der Waals surface area contributed by atoms with Gasteiger partial charge < -0.3 is 10.1 Å². The number of nitrogens with one attached hydrogen (secondary N) is 2. The second kappa shape index (κ2) is 4.97. The van der Waals surface area contributed by atoms with Gasteiger partial charge in [-0.3, -0.25) is 9.59 Å². The van der Waals surface area contributed by atoms with E-state index in [2.05, 4.69) is 9.71 Å². The number of aromatic amines is 1. The molecule has 0 radical (unpaired) electrons. The highest BCUT2D eigenvalue weighted by atomic mass is 32.2. The lowest BCUT2D eigenvalue weighted by Crippen LogP contribution is -2.46. The number of hydrogen-bond donors (Lipinski definition) is 3. The van der Waals surface area contributed by atoms with E-state index < -0.39 is 32.3 Å². The number of carbonyl (C=O) groups is 1. The molecule has 7 nitrogen and oxygen atoms in total. The maximum atomic E-state index is 12.3. The smallest absolute Gasteiger partial charge is 0.310 e. The van der Waals surface area contributed by atoms with E-state index in [-0.39, 0.29) is 9.90 Å². The second-order valence-corrected chi connectivity index (χ2v) is 8.11. The van der Waals surface area contributed by atoms with Gasteiger partial charge in [-0.1, -0.05) is 17.8 Å². The zero-order valence-corrected chi connectivity index (χ0v) is 12.7. The molecule has 1 heterocycles. The van der Waals surface area contributed by atoms with Gasteiger partial charge in [0.2, 0.25) is 0 Å². The van der Waals surface area contributed by atoms with E-state index in [9.17, 15) is 23.1 Å². The molecule has 1 aromatic heterocycles. The first-order valence-corrected chi connectivity index (χ1v) is 8.42. The van der Waals surface area contributed by atoms with Crippen LogP contribution in [0, 0.1) is 12.3 Å². The molecule has 1 fully saturated rings. The first-order chi connectivity index (χ1) is 9.17. The van der Waals surface area contributed by atoms with Crippen LogP contribution in [-0.4, -0.2) is 30.5 Å². The summed E-state index contributed by atoms with van der Waals surface area (Å²) in [6.45, 7) is 3.04. The lowest BCUT2D eigenvalue weighted by atomic mass is 9.85. The van der Waals surface area contributed by atoms with Crippen molar-refractivity contribution in [2.75, 3.05) is 0 Å². The Hall–Kier alpha value is -1.19. The van der Waals surface area contributed by atoms with Gasteiger partial charge in [0.1, 0.15) is 0 Å². The van der Waals surface area contributed by atoms with Crippen molar-refractivity contribution in [1.82, 2.24) is 9.71 Å². The van der Waals surface area contributed by atoms with Crippen LogP contribution in [0.25, 0.3) is 0 Å². The van der Waals surface area contributed by atoms with E-state index in [1.807, 2.05) is 0 Å². The number of thiazole rings is 1. The monoisotopic (exact) mass is 320 g/mol. The highest BCUT2D eigenvalue weighted by molar-refractivity contribution is 7.91. The maximum Gasteiger partial charge on any atom is 0.310 e. The van der Waals surface area contributed by atoms with Gasteiger partial charge in [0.05, 0.1) is 5.41 Å². The summed E-state index contributed by atoms with van der Waals surface area (Å²) < 4.78 is 26.9. The molecule has 2 rings (SSSR count). The lowest BCUT2D eigenvalue weighted by molar-refractivity contribution is -0.148. The van der Waals surface area contributed by atoms with Gasteiger partial charge >= 0.3 is 10.8 Å². The number of hydrogen-bond acceptors (Lipinski definition) is 5. The molecule has 3 N–H and O–H groups in total. The lowest BCUT2D eigenvalue weighted by Gasteiger charge is -2.27. The van der Waals surface area contributed by atoms with Crippen molar-refractivity contribution in [1.29, 1.82) is 0 Å². The molecule has 0 bridgehead atoms. The Kier molecular flexibility index (Phi) is 3.78. The molecule has 0 spiro atoms. The number of H-pyrrole nitrogens is 1. The van der Waals surface area contributed by atoms with E-state index in [1.54, 1.807) is 6.92 Å². The Morgan fingerprint density at radius 1 is 1.55 bits per heavy atom. The topological polar surface area (TPSA) is 116 Å². The van der Waals surface area contributed by atoms with Gasteiger partial charge in [-0.25, -0.2) is 13.1 Å². The predicted molar refractivity (Wildman–Crippen MR) is 73.4 cm³/mol. The van der Waals surface area contributed by atoms with Crippen LogP contribution in [0.4, 0.5) is 0 Å². The van der Waals surface area contributed by atoms with Crippen LogP contribution in [0.5, 0.6) is 0 Å². The van der Waals surface area contributed by atoms with Crippen LogP contribution in [-0.2, 0) is 14.8 Å². The summed E-state index contributed by atoms with van der Waals surface area (Å²) in [4.78, 5) is 24.5. The molecule has 0 aliphatic heterocycles. The molecule has 1 aromatic rings. The molecule has 2 atom stereocenters. The molecule has 0 aromatic carbocycles. The fraction of sp³-hybridized carbons (Fsp3) is 0.636. The molecule has 1 aliphatic carbocycles. The number of aromatic nitrogens is 1. The Morgan fingerprint density at radius 3 is 2.70 bits per heavy atom. The van der Waals surface area contributed by atoms with Crippen molar-refractivity contribution in [3.8, 4) is 0 Å². The van der Waals surface area contributed by atoms with Crippen LogP contribution in [0.3, 0.4) is 0 Å².